The van der Waals surface area contributed by atoms with Gasteiger partial charge in [-0.05, 0) is 12.1 Å². The standard InChI is InChI=1S/C16H14O2/c17-14-10-5-3-1-2-4-6-11-15-18-16-12-8-7-9-13-16/h7-9,12-13,17H,3-4,14-15H2. The molecule has 0 saturated carbocycles. The van der Waals surface area contributed by atoms with Crippen LogP contribution in [-0.2, 0) is 0 Å². The molecule has 90 valence electrons. The third-order valence-electron chi connectivity index (χ3n) is 1.86. The summed E-state index contributed by atoms with van der Waals surface area (Å²) in [5.41, 5.74) is 0. The summed E-state index contributed by atoms with van der Waals surface area (Å²) in [4.78, 5) is 0. The predicted molar refractivity (Wildman–Crippen MR) is 71.6 cm³/mol. The largest absolute Gasteiger partial charge is 0.481 e. The first kappa shape index (κ1) is 13.7. The molecule has 0 saturated heterocycles. The first-order valence-electron chi connectivity index (χ1n) is 5.59. The normalized spacial score (nSPS) is 7.83. The number of para-hydroxylation sites is 1. The van der Waals surface area contributed by atoms with Crippen molar-refractivity contribution in [1.29, 1.82) is 0 Å². The highest BCUT2D eigenvalue weighted by Crippen LogP contribution is 2.07. The third kappa shape index (κ3) is 7.02. The summed E-state index contributed by atoms with van der Waals surface area (Å²) >= 11 is 0. The molecular weight excluding hydrogens is 224 g/mol. The fourth-order valence-corrected chi connectivity index (χ4v) is 1.08. The van der Waals surface area contributed by atoms with Gasteiger partial charge in [-0.2, -0.15) is 0 Å². The molecule has 1 aromatic carbocycles. The molecule has 1 N–H and O–H groups in total. The molecule has 2 heteroatoms. The number of aliphatic hydroxyl groups excluding tert-OH is 1. The maximum Gasteiger partial charge on any atom is 0.149 e. The maximum absolute atomic E-state index is 8.40. The molecule has 0 atom stereocenters. The lowest BCUT2D eigenvalue weighted by Crippen LogP contribution is -1.92. The van der Waals surface area contributed by atoms with Crippen LogP contribution in [0.4, 0.5) is 0 Å². The average molecular weight is 238 g/mol. The van der Waals surface area contributed by atoms with Gasteiger partial charge in [0.05, 0.1) is 12.8 Å². The van der Waals surface area contributed by atoms with Crippen LogP contribution in [0.2, 0.25) is 0 Å². The van der Waals surface area contributed by atoms with Crippen LogP contribution in [0.15, 0.2) is 30.3 Å². The molecule has 0 aliphatic heterocycles. The smallest absolute Gasteiger partial charge is 0.149 e. The van der Waals surface area contributed by atoms with Gasteiger partial charge in [0.2, 0.25) is 0 Å². The molecule has 0 bridgehead atoms. The van der Waals surface area contributed by atoms with Crippen molar-refractivity contribution in [3.05, 3.63) is 30.3 Å². The minimum atomic E-state index is -0.113. The van der Waals surface area contributed by atoms with E-state index in [-0.39, 0.29) is 6.61 Å². The first-order valence-corrected chi connectivity index (χ1v) is 5.59. The Bertz CT molecular complexity index is 513. The van der Waals surface area contributed by atoms with E-state index in [0.29, 0.717) is 19.4 Å². The summed E-state index contributed by atoms with van der Waals surface area (Å²) < 4.78 is 5.39. The summed E-state index contributed by atoms with van der Waals surface area (Å²) in [6.45, 7) is 0.258. The minimum absolute atomic E-state index is 0.113. The summed E-state index contributed by atoms with van der Waals surface area (Å²) in [5, 5.41) is 8.40. The number of aliphatic hydroxyl groups is 1. The van der Waals surface area contributed by atoms with Crippen molar-refractivity contribution in [1.82, 2.24) is 0 Å². The molecule has 0 heterocycles. The van der Waals surface area contributed by atoms with Crippen LogP contribution in [0.3, 0.4) is 0 Å². The molecule has 0 aliphatic carbocycles. The zero-order valence-corrected chi connectivity index (χ0v) is 10.1. The van der Waals surface area contributed by atoms with Gasteiger partial charge in [0.15, 0.2) is 0 Å². The van der Waals surface area contributed by atoms with Crippen molar-refractivity contribution in [3.8, 4) is 41.3 Å². The van der Waals surface area contributed by atoms with Crippen molar-refractivity contribution in [2.75, 3.05) is 13.2 Å². The molecule has 0 radical (unpaired) electrons. The fraction of sp³-hybridized carbons (Fsp3) is 0.250. The topological polar surface area (TPSA) is 29.5 Å². The number of benzene rings is 1. The van der Waals surface area contributed by atoms with E-state index in [9.17, 15) is 0 Å². The number of rotatable bonds is 2. The molecule has 0 aromatic heterocycles. The highest BCUT2D eigenvalue weighted by Gasteiger charge is 1.86. The van der Waals surface area contributed by atoms with Crippen LogP contribution in [0.25, 0.3) is 0 Å². The maximum atomic E-state index is 8.40. The van der Waals surface area contributed by atoms with Gasteiger partial charge >= 0.3 is 0 Å². The first-order chi connectivity index (χ1) is 8.93. The molecule has 0 unspecified atom stereocenters. The van der Waals surface area contributed by atoms with Gasteiger partial charge in [-0.1, -0.05) is 53.7 Å². The highest BCUT2D eigenvalue weighted by atomic mass is 16.5. The van der Waals surface area contributed by atoms with E-state index in [1.807, 2.05) is 30.3 Å². The van der Waals surface area contributed by atoms with Crippen LogP contribution in [0.1, 0.15) is 12.8 Å². The Morgan fingerprint density at radius 2 is 1.44 bits per heavy atom. The fourth-order valence-electron chi connectivity index (χ4n) is 1.08. The van der Waals surface area contributed by atoms with Crippen molar-refractivity contribution < 1.29 is 9.84 Å². The third-order valence-corrected chi connectivity index (χ3v) is 1.86. The lowest BCUT2D eigenvalue weighted by Gasteiger charge is -1.99. The van der Waals surface area contributed by atoms with E-state index < -0.39 is 0 Å². The minimum Gasteiger partial charge on any atom is -0.481 e. The van der Waals surface area contributed by atoms with Gasteiger partial charge in [0, 0.05) is 0 Å². The summed E-state index contributed by atoms with van der Waals surface area (Å²) in [6, 6.07) is 9.56. The lowest BCUT2D eigenvalue weighted by molar-refractivity contribution is 0.350. The molecular formula is C16H14O2. The van der Waals surface area contributed by atoms with Gasteiger partial charge < -0.3 is 9.84 Å². The Hall–Kier alpha value is -2.34. The van der Waals surface area contributed by atoms with Crippen LogP contribution in [0, 0.1) is 35.5 Å². The van der Waals surface area contributed by atoms with Crippen LogP contribution in [0.5, 0.6) is 5.75 Å². The second kappa shape index (κ2) is 9.86. The van der Waals surface area contributed by atoms with Crippen molar-refractivity contribution in [2.45, 2.75) is 12.8 Å². The number of hydrogen-bond donors (Lipinski definition) is 1. The van der Waals surface area contributed by atoms with Crippen molar-refractivity contribution in [2.24, 2.45) is 0 Å². The molecule has 0 amide bonds. The highest BCUT2D eigenvalue weighted by molar-refractivity contribution is 5.22. The van der Waals surface area contributed by atoms with Crippen LogP contribution < -0.4 is 4.74 Å². The lowest BCUT2D eigenvalue weighted by atomic mass is 10.3. The van der Waals surface area contributed by atoms with Crippen LogP contribution >= 0.6 is 0 Å². The van der Waals surface area contributed by atoms with Gasteiger partial charge in [0.1, 0.15) is 19.0 Å². The Morgan fingerprint density at radius 1 is 0.833 bits per heavy atom. The van der Waals surface area contributed by atoms with E-state index >= 15 is 0 Å². The van der Waals surface area contributed by atoms with E-state index in [1.165, 1.54) is 0 Å². The van der Waals surface area contributed by atoms with E-state index in [4.69, 9.17) is 9.84 Å². The van der Waals surface area contributed by atoms with Gasteiger partial charge in [-0.3, -0.25) is 0 Å². The van der Waals surface area contributed by atoms with Crippen molar-refractivity contribution >= 4 is 0 Å². The summed E-state index contributed by atoms with van der Waals surface area (Å²) in [5.74, 6) is 17.6. The monoisotopic (exact) mass is 238 g/mol. The SMILES string of the molecule is OCC#CCC#CCC#CCOc1ccccc1. The molecule has 0 spiro atoms. The van der Waals surface area contributed by atoms with Crippen molar-refractivity contribution in [3.63, 3.8) is 0 Å². The predicted octanol–water partition coefficient (Wildman–Crippen LogP) is 1.85. The average Bonchev–Trinajstić information content (AvgIpc) is 2.42. The zero-order chi connectivity index (χ0) is 12.9. The summed E-state index contributed by atoms with van der Waals surface area (Å²) in [7, 11) is 0. The van der Waals surface area contributed by atoms with Gasteiger partial charge in [-0.15, -0.1) is 0 Å². The van der Waals surface area contributed by atoms with E-state index in [1.54, 1.807) is 0 Å². The molecule has 1 rings (SSSR count). The molecule has 0 aliphatic rings. The Labute approximate surface area is 108 Å². The van der Waals surface area contributed by atoms with Crippen LogP contribution in [-0.4, -0.2) is 18.3 Å². The second-order valence-electron chi connectivity index (χ2n) is 3.17. The van der Waals surface area contributed by atoms with E-state index in [0.717, 1.165) is 5.75 Å². The Kier molecular flexibility index (Phi) is 7.51. The number of ether oxygens (including phenoxy) is 1. The van der Waals surface area contributed by atoms with E-state index in [2.05, 4.69) is 35.5 Å². The zero-order valence-electron chi connectivity index (χ0n) is 10.1. The van der Waals surface area contributed by atoms with Gasteiger partial charge in [-0.25, -0.2) is 0 Å². The summed E-state index contributed by atoms with van der Waals surface area (Å²) in [6.07, 6.45) is 0.988. The molecule has 0 fully saturated rings. The molecule has 18 heavy (non-hydrogen) atoms. The van der Waals surface area contributed by atoms with Gasteiger partial charge in [0.25, 0.3) is 0 Å². The Morgan fingerprint density at radius 3 is 2.11 bits per heavy atom. The quantitative estimate of drug-likeness (QED) is 0.797. The Balaban J connectivity index is 2.15. The second-order valence-corrected chi connectivity index (χ2v) is 3.17. The number of hydrogen-bond acceptors (Lipinski definition) is 2. The molecule has 2 nitrogen and oxygen atoms in total. The molecule has 1 aromatic rings.